The van der Waals surface area contributed by atoms with Gasteiger partial charge >= 0.3 is 0 Å². The summed E-state index contributed by atoms with van der Waals surface area (Å²) in [5, 5.41) is 15.9. The Kier molecular flexibility index (Phi) is 2.83. The first-order chi connectivity index (χ1) is 7.68. The van der Waals surface area contributed by atoms with Crippen molar-refractivity contribution in [3.8, 4) is 11.3 Å². The summed E-state index contributed by atoms with van der Waals surface area (Å²) in [5.74, 6) is 0. The number of rotatable bonds is 2. The van der Waals surface area contributed by atoms with Crippen LogP contribution < -0.4 is 5.56 Å². The van der Waals surface area contributed by atoms with Gasteiger partial charge in [-0.3, -0.25) is 4.79 Å². The Hall–Kier alpha value is -1.94. The van der Waals surface area contributed by atoms with Crippen LogP contribution in [0.25, 0.3) is 11.3 Å². The van der Waals surface area contributed by atoms with Gasteiger partial charge in [-0.2, -0.15) is 5.10 Å². The van der Waals surface area contributed by atoms with Crippen molar-refractivity contribution in [2.45, 2.75) is 13.0 Å². The first kappa shape index (κ1) is 10.6. The third kappa shape index (κ3) is 2.01. The number of aromatic nitrogens is 2. The summed E-state index contributed by atoms with van der Waals surface area (Å²) >= 11 is 0. The second kappa shape index (κ2) is 4.28. The zero-order chi connectivity index (χ0) is 11.5. The van der Waals surface area contributed by atoms with Gasteiger partial charge in [-0.25, -0.2) is 5.10 Å². The quantitative estimate of drug-likeness (QED) is 0.799. The summed E-state index contributed by atoms with van der Waals surface area (Å²) in [4.78, 5) is 11.1. The Morgan fingerprint density at radius 3 is 2.62 bits per heavy atom. The van der Waals surface area contributed by atoms with E-state index in [1.54, 1.807) is 6.92 Å². The van der Waals surface area contributed by atoms with Crippen molar-refractivity contribution in [3.05, 3.63) is 52.3 Å². The molecule has 16 heavy (non-hydrogen) atoms. The molecule has 0 aliphatic rings. The van der Waals surface area contributed by atoms with Gasteiger partial charge in [0.05, 0.1) is 11.8 Å². The van der Waals surface area contributed by atoms with Crippen LogP contribution in [0, 0.1) is 0 Å². The lowest BCUT2D eigenvalue weighted by molar-refractivity contribution is 0.199. The highest BCUT2D eigenvalue weighted by atomic mass is 16.3. The Morgan fingerprint density at radius 1 is 1.31 bits per heavy atom. The Labute approximate surface area is 92.6 Å². The van der Waals surface area contributed by atoms with Gasteiger partial charge in [0, 0.05) is 17.2 Å². The number of hydrogen-bond donors (Lipinski definition) is 2. The summed E-state index contributed by atoms with van der Waals surface area (Å²) in [6, 6.07) is 10.8. The third-order valence-electron chi connectivity index (χ3n) is 2.34. The van der Waals surface area contributed by atoms with E-state index in [4.69, 9.17) is 0 Å². The summed E-state index contributed by atoms with van der Waals surface area (Å²) in [6.07, 6.45) is -0.718. The Bertz CT molecular complexity index is 532. The number of H-pyrrole nitrogens is 1. The number of benzene rings is 1. The van der Waals surface area contributed by atoms with E-state index >= 15 is 0 Å². The fourth-order valence-electron chi connectivity index (χ4n) is 1.56. The highest BCUT2D eigenvalue weighted by Crippen LogP contribution is 2.23. The Balaban J connectivity index is 2.61. The highest BCUT2D eigenvalue weighted by Gasteiger charge is 2.11. The van der Waals surface area contributed by atoms with Crippen molar-refractivity contribution in [1.82, 2.24) is 10.2 Å². The minimum Gasteiger partial charge on any atom is -0.389 e. The predicted octanol–water partition coefficient (Wildman–Crippen LogP) is 1.49. The van der Waals surface area contributed by atoms with Crippen molar-refractivity contribution in [2.75, 3.05) is 0 Å². The maximum atomic E-state index is 11.1. The lowest BCUT2D eigenvalue weighted by atomic mass is 10.0. The van der Waals surface area contributed by atoms with E-state index in [-0.39, 0.29) is 5.56 Å². The molecule has 2 aromatic rings. The van der Waals surface area contributed by atoms with Crippen molar-refractivity contribution < 1.29 is 5.11 Å². The van der Waals surface area contributed by atoms with Crippen molar-refractivity contribution >= 4 is 0 Å². The van der Waals surface area contributed by atoms with Crippen LogP contribution in [0.15, 0.2) is 41.2 Å². The molecule has 0 radical (unpaired) electrons. The molecule has 0 bridgehead atoms. The largest absolute Gasteiger partial charge is 0.389 e. The zero-order valence-electron chi connectivity index (χ0n) is 8.84. The minimum atomic E-state index is -0.718. The van der Waals surface area contributed by atoms with Crippen molar-refractivity contribution in [2.24, 2.45) is 0 Å². The monoisotopic (exact) mass is 216 g/mol. The molecule has 2 N–H and O–H groups in total. The number of aliphatic hydroxyl groups excluding tert-OH is 1. The molecular weight excluding hydrogens is 204 g/mol. The van der Waals surface area contributed by atoms with Crippen LogP contribution in [-0.4, -0.2) is 15.3 Å². The molecule has 1 atom stereocenters. The van der Waals surface area contributed by atoms with Crippen LogP contribution in [0.2, 0.25) is 0 Å². The lowest BCUT2D eigenvalue weighted by Crippen LogP contribution is -2.11. The van der Waals surface area contributed by atoms with Crippen molar-refractivity contribution in [1.29, 1.82) is 0 Å². The molecule has 1 aromatic carbocycles. The minimum absolute atomic E-state index is 0.310. The van der Waals surface area contributed by atoms with E-state index in [1.807, 2.05) is 30.3 Å². The molecule has 0 spiro atoms. The van der Waals surface area contributed by atoms with Crippen LogP contribution in [0.5, 0.6) is 0 Å². The maximum Gasteiger partial charge on any atom is 0.264 e. The van der Waals surface area contributed by atoms with Gasteiger partial charge in [-0.05, 0) is 6.92 Å². The molecule has 4 nitrogen and oxygen atoms in total. The van der Waals surface area contributed by atoms with E-state index in [0.717, 1.165) is 5.56 Å². The Morgan fingerprint density at radius 2 is 2.00 bits per heavy atom. The molecule has 0 saturated heterocycles. The van der Waals surface area contributed by atoms with Crippen molar-refractivity contribution in [3.63, 3.8) is 0 Å². The van der Waals surface area contributed by atoms with Gasteiger partial charge in [0.15, 0.2) is 0 Å². The molecule has 4 heteroatoms. The van der Waals surface area contributed by atoms with E-state index < -0.39 is 6.10 Å². The smallest absolute Gasteiger partial charge is 0.264 e. The summed E-state index contributed by atoms with van der Waals surface area (Å²) in [5.41, 5.74) is 1.70. The molecular formula is C12H12N2O2. The van der Waals surface area contributed by atoms with E-state index in [1.165, 1.54) is 6.07 Å². The van der Waals surface area contributed by atoms with Gasteiger partial charge < -0.3 is 5.11 Å². The van der Waals surface area contributed by atoms with Gasteiger partial charge in [0.25, 0.3) is 5.56 Å². The van der Waals surface area contributed by atoms with Crippen LogP contribution in [0.1, 0.15) is 18.6 Å². The van der Waals surface area contributed by atoms with Gasteiger partial charge in [0.1, 0.15) is 0 Å². The van der Waals surface area contributed by atoms with Crippen LogP contribution in [0.3, 0.4) is 0 Å². The second-order valence-corrected chi connectivity index (χ2v) is 3.58. The molecule has 2 rings (SSSR count). The van der Waals surface area contributed by atoms with Gasteiger partial charge in [-0.15, -0.1) is 0 Å². The number of aliphatic hydroxyl groups is 1. The highest BCUT2D eigenvalue weighted by molar-refractivity contribution is 5.62. The normalized spacial score (nSPS) is 12.4. The van der Waals surface area contributed by atoms with Crippen LogP contribution in [0.4, 0.5) is 0 Å². The molecule has 0 amide bonds. The van der Waals surface area contributed by atoms with E-state index in [9.17, 15) is 9.90 Å². The number of hydrogen-bond acceptors (Lipinski definition) is 3. The number of nitrogens with one attached hydrogen (secondary N) is 1. The standard InChI is InChI=1S/C12H12N2O2/c1-8(15)10-7-11(16)13-14-12(10)9-5-3-2-4-6-9/h2-8,15H,1H3,(H,13,16). The second-order valence-electron chi connectivity index (χ2n) is 3.58. The molecule has 0 fully saturated rings. The van der Waals surface area contributed by atoms with E-state index in [0.29, 0.717) is 11.3 Å². The van der Waals surface area contributed by atoms with Gasteiger partial charge in [-0.1, -0.05) is 30.3 Å². The SMILES string of the molecule is CC(O)c1cc(=O)[nH]nc1-c1ccccc1. The summed E-state index contributed by atoms with van der Waals surface area (Å²) < 4.78 is 0. The fraction of sp³-hybridized carbons (Fsp3) is 0.167. The van der Waals surface area contributed by atoms with Crippen LogP contribution in [-0.2, 0) is 0 Å². The topological polar surface area (TPSA) is 66.0 Å². The predicted molar refractivity (Wildman–Crippen MR) is 60.9 cm³/mol. The lowest BCUT2D eigenvalue weighted by Gasteiger charge is -2.09. The fourth-order valence-corrected chi connectivity index (χ4v) is 1.56. The molecule has 1 unspecified atom stereocenters. The molecule has 0 saturated carbocycles. The van der Waals surface area contributed by atoms with Gasteiger partial charge in [0.2, 0.25) is 0 Å². The third-order valence-corrected chi connectivity index (χ3v) is 2.34. The average Bonchev–Trinajstić information content (AvgIpc) is 2.30. The van der Waals surface area contributed by atoms with E-state index in [2.05, 4.69) is 10.2 Å². The molecule has 82 valence electrons. The van der Waals surface area contributed by atoms with Crippen LogP contribution >= 0.6 is 0 Å². The molecule has 1 aromatic heterocycles. The molecule has 0 aliphatic heterocycles. The maximum absolute atomic E-state index is 11.1. The average molecular weight is 216 g/mol. The number of aromatic amines is 1. The summed E-state index contributed by atoms with van der Waals surface area (Å²) in [7, 11) is 0. The number of nitrogens with zero attached hydrogens (tertiary/aromatic N) is 1. The molecule has 1 heterocycles. The first-order valence-corrected chi connectivity index (χ1v) is 5.01. The summed E-state index contributed by atoms with van der Waals surface area (Å²) in [6.45, 7) is 1.61. The molecule has 0 aliphatic carbocycles. The first-order valence-electron chi connectivity index (χ1n) is 5.01. The zero-order valence-corrected chi connectivity index (χ0v) is 8.84.